The van der Waals surface area contributed by atoms with Gasteiger partial charge in [0.2, 0.25) is 0 Å². The van der Waals surface area contributed by atoms with Crippen LogP contribution in [0.1, 0.15) is 30.2 Å². The Kier molecular flexibility index (Phi) is 4.04. The van der Waals surface area contributed by atoms with Crippen LogP contribution in [-0.4, -0.2) is 14.8 Å². The van der Waals surface area contributed by atoms with Crippen LogP contribution in [0.25, 0.3) is 0 Å². The Morgan fingerprint density at radius 3 is 2.89 bits per heavy atom. The molecule has 0 unspecified atom stereocenters. The van der Waals surface area contributed by atoms with Crippen molar-refractivity contribution < 1.29 is 0 Å². The number of hydrogen-bond acceptors (Lipinski definition) is 4. The molecule has 0 saturated heterocycles. The fraction of sp³-hybridized carbons (Fsp3) is 0.429. The number of hydrogen-bond donors (Lipinski definition) is 2. The molecule has 0 bridgehead atoms. The van der Waals surface area contributed by atoms with Gasteiger partial charge in [0.05, 0.1) is 11.4 Å². The summed E-state index contributed by atoms with van der Waals surface area (Å²) >= 11 is 0. The average Bonchev–Trinajstić information content (AvgIpc) is 2.65. The van der Waals surface area contributed by atoms with E-state index in [1.165, 1.54) is 11.1 Å². The lowest BCUT2D eigenvalue weighted by Crippen LogP contribution is -2.07. The van der Waals surface area contributed by atoms with Crippen LogP contribution in [0.4, 0.5) is 11.5 Å². The van der Waals surface area contributed by atoms with Crippen LogP contribution in [0.5, 0.6) is 0 Å². The van der Waals surface area contributed by atoms with E-state index in [9.17, 15) is 0 Å². The molecule has 3 N–H and O–H groups in total. The summed E-state index contributed by atoms with van der Waals surface area (Å²) in [5, 5.41) is 7.82. The quantitative estimate of drug-likeness (QED) is 0.864. The van der Waals surface area contributed by atoms with Crippen LogP contribution >= 0.6 is 0 Å². The Balaban J connectivity index is 2.14. The number of anilines is 2. The molecule has 0 aromatic carbocycles. The molecule has 19 heavy (non-hydrogen) atoms. The van der Waals surface area contributed by atoms with E-state index in [0.717, 1.165) is 36.6 Å². The van der Waals surface area contributed by atoms with Gasteiger partial charge in [0, 0.05) is 26.0 Å². The van der Waals surface area contributed by atoms with Gasteiger partial charge in [0.25, 0.3) is 0 Å². The molecule has 0 aliphatic rings. The van der Waals surface area contributed by atoms with E-state index in [1.54, 1.807) is 6.20 Å². The van der Waals surface area contributed by atoms with Crippen molar-refractivity contribution >= 4 is 11.5 Å². The molecule has 0 aliphatic carbocycles. The van der Waals surface area contributed by atoms with Crippen LogP contribution < -0.4 is 11.1 Å². The number of nitrogen functional groups attached to an aromatic ring is 1. The maximum Gasteiger partial charge on any atom is 0.148 e. The lowest BCUT2D eigenvalue weighted by atomic mass is 10.1. The van der Waals surface area contributed by atoms with Crippen molar-refractivity contribution in [2.24, 2.45) is 7.05 Å². The molecule has 0 spiro atoms. The predicted molar refractivity (Wildman–Crippen MR) is 77.9 cm³/mol. The molecule has 5 nitrogen and oxygen atoms in total. The van der Waals surface area contributed by atoms with E-state index >= 15 is 0 Å². The summed E-state index contributed by atoms with van der Waals surface area (Å²) in [6, 6.07) is 2.02. The number of aryl methyl sites for hydroxylation is 3. The van der Waals surface area contributed by atoms with Crippen molar-refractivity contribution in [3.05, 3.63) is 35.3 Å². The van der Waals surface area contributed by atoms with E-state index in [0.29, 0.717) is 0 Å². The Hall–Kier alpha value is -2.04. The first-order chi connectivity index (χ1) is 9.13. The average molecular weight is 259 g/mol. The fourth-order valence-electron chi connectivity index (χ4n) is 2.11. The van der Waals surface area contributed by atoms with Crippen LogP contribution in [-0.2, 0) is 20.0 Å². The highest BCUT2D eigenvalue weighted by molar-refractivity contribution is 5.65. The lowest BCUT2D eigenvalue weighted by molar-refractivity contribution is 0.735. The van der Waals surface area contributed by atoms with Gasteiger partial charge in [-0.1, -0.05) is 13.3 Å². The van der Waals surface area contributed by atoms with Gasteiger partial charge in [-0.05, 0) is 30.5 Å². The molecule has 102 valence electrons. The number of nitrogens with two attached hydrogens (primary N) is 1. The summed E-state index contributed by atoms with van der Waals surface area (Å²) in [5.74, 6) is 0.889. The van der Waals surface area contributed by atoms with Crippen molar-refractivity contribution in [1.29, 1.82) is 0 Å². The summed E-state index contributed by atoms with van der Waals surface area (Å²) in [4.78, 5) is 4.09. The van der Waals surface area contributed by atoms with Crippen molar-refractivity contribution in [2.75, 3.05) is 11.1 Å². The van der Waals surface area contributed by atoms with Gasteiger partial charge >= 0.3 is 0 Å². The number of rotatable bonds is 5. The van der Waals surface area contributed by atoms with Gasteiger partial charge in [0.1, 0.15) is 5.82 Å². The maximum atomic E-state index is 6.13. The predicted octanol–water partition coefficient (Wildman–Crippen LogP) is 2.27. The van der Waals surface area contributed by atoms with Crippen molar-refractivity contribution in [2.45, 2.75) is 33.2 Å². The summed E-state index contributed by atoms with van der Waals surface area (Å²) in [6.45, 7) is 4.91. The first kappa shape index (κ1) is 13.4. The number of pyridine rings is 1. The zero-order valence-electron chi connectivity index (χ0n) is 11.8. The van der Waals surface area contributed by atoms with Crippen LogP contribution in [0, 0.1) is 6.92 Å². The minimum Gasteiger partial charge on any atom is -0.394 e. The van der Waals surface area contributed by atoms with Gasteiger partial charge in [0.15, 0.2) is 0 Å². The molecule has 2 heterocycles. The SMILES string of the molecule is CCCc1nn(C)c(NCc2ccncc2C)c1N. The van der Waals surface area contributed by atoms with E-state index < -0.39 is 0 Å². The Morgan fingerprint density at radius 1 is 1.42 bits per heavy atom. The molecule has 0 saturated carbocycles. The number of aromatic nitrogens is 3. The molecule has 0 aliphatic heterocycles. The summed E-state index contributed by atoms with van der Waals surface area (Å²) in [5.41, 5.74) is 10.3. The van der Waals surface area contributed by atoms with E-state index in [1.807, 2.05) is 24.0 Å². The zero-order chi connectivity index (χ0) is 13.8. The minimum atomic E-state index is 0.726. The third-order valence-electron chi connectivity index (χ3n) is 3.23. The summed E-state index contributed by atoms with van der Waals surface area (Å²) in [6.07, 6.45) is 5.63. The van der Waals surface area contributed by atoms with Crippen LogP contribution in [0.15, 0.2) is 18.5 Å². The second kappa shape index (κ2) is 5.73. The second-order valence-corrected chi connectivity index (χ2v) is 4.74. The van der Waals surface area contributed by atoms with Gasteiger partial charge in [-0.25, -0.2) is 0 Å². The molecule has 2 aromatic rings. The van der Waals surface area contributed by atoms with Gasteiger partial charge < -0.3 is 11.1 Å². The smallest absolute Gasteiger partial charge is 0.148 e. The zero-order valence-corrected chi connectivity index (χ0v) is 11.8. The molecule has 0 fully saturated rings. The third kappa shape index (κ3) is 2.86. The maximum absolute atomic E-state index is 6.13. The minimum absolute atomic E-state index is 0.726. The van der Waals surface area contributed by atoms with Crippen molar-refractivity contribution in [3.8, 4) is 0 Å². The van der Waals surface area contributed by atoms with Crippen molar-refractivity contribution in [3.63, 3.8) is 0 Å². The molecule has 0 radical (unpaired) electrons. The third-order valence-corrected chi connectivity index (χ3v) is 3.23. The summed E-state index contributed by atoms with van der Waals surface area (Å²) in [7, 11) is 1.91. The highest BCUT2D eigenvalue weighted by Crippen LogP contribution is 2.23. The molecular formula is C14H21N5. The molecule has 2 rings (SSSR count). The Labute approximate surface area is 113 Å². The lowest BCUT2D eigenvalue weighted by Gasteiger charge is -2.09. The summed E-state index contributed by atoms with van der Waals surface area (Å²) < 4.78 is 1.82. The topological polar surface area (TPSA) is 68.8 Å². The second-order valence-electron chi connectivity index (χ2n) is 4.74. The molecule has 0 amide bonds. The highest BCUT2D eigenvalue weighted by atomic mass is 15.3. The van der Waals surface area contributed by atoms with Crippen LogP contribution in [0.3, 0.4) is 0 Å². The largest absolute Gasteiger partial charge is 0.394 e. The fourth-order valence-corrected chi connectivity index (χ4v) is 2.11. The number of nitrogens with one attached hydrogen (secondary N) is 1. The standard InChI is InChI=1S/C14H21N5/c1-4-5-12-13(15)14(19(3)18-12)17-9-11-6-7-16-8-10(11)2/h6-8,17H,4-5,9,15H2,1-3H3. The number of nitrogens with zero attached hydrogens (tertiary/aromatic N) is 3. The van der Waals surface area contributed by atoms with Gasteiger partial charge in [-0.2, -0.15) is 5.10 Å². The normalized spacial score (nSPS) is 10.7. The Bertz CT molecular complexity index is 559. The Morgan fingerprint density at radius 2 is 2.21 bits per heavy atom. The molecule has 2 aromatic heterocycles. The van der Waals surface area contributed by atoms with Crippen molar-refractivity contribution in [1.82, 2.24) is 14.8 Å². The first-order valence-corrected chi connectivity index (χ1v) is 6.58. The van der Waals surface area contributed by atoms with E-state index in [-0.39, 0.29) is 0 Å². The molecule has 5 heteroatoms. The monoisotopic (exact) mass is 259 g/mol. The van der Waals surface area contributed by atoms with Gasteiger partial charge in [-0.15, -0.1) is 0 Å². The van der Waals surface area contributed by atoms with Crippen LogP contribution in [0.2, 0.25) is 0 Å². The molecular weight excluding hydrogens is 238 g/mol. The van der Waals surface area contributed by atoms with Gasteiger partial charge in [-0.3, -0.25) is 9.67 Å². The first-order valence-electron chi connectivity index (χ1n) is 6.58. The molecule has 0 atom stereocenters. The van der Waals surface area contributed by atoms with E-state index in [4.69, 9.17) is 5.73 Å². The van der Waals surface area contributed by atoms with E-state index in [2.05, 4.69) is 29.2 Å². The highest BCUT2D eigenvalue weighted by Gasteiger charge is 2.12.